The molecule has 0 bridgehead atoms. The maximum Gasteiger partial charge on any atom is 0.509 e. The Morgan fingerprint density at radius 3 is 3.08 bits per heavy atom. The Bertz CT molecular complexity index is 233. The second-order valence-corrected chi connectivity index (χ2v) is 2.37. The van der Waals surface area contributed by atoms with Crippen molar-refractivity contribution in [1.82, 2.24) is 0 Å². The molecule has 0 amide bonds. The Morgan fingerprint density at radius 1 is 1.77 bits per heavy atom. The molecule has 1 heterocycles. The van der Waals surface area contributed by atoms with Crippen LogP contribution in [0, 0.1) is 0 Å². The Kier molecular flexibility index (Phi) is 3.31. The fraction of sp³-hybridized carbons (Fsp3) is 0.500. The van der Waals surface area contributed by atoms with E-state index in [0.717, 1.165) is 0 Å². The summed E-state index contributed by atoms with van der Waals surface area (Å²) >= 11 is 0. The lowest BCUT2D eigenvalue weighted by molar-refractivity contribution is -0.150. The number of esters is 1. The number of carbonyl (C=O) groups is 2. The average Bonchev–Trinajstić information content (AvgIpc) is 2.52. The summed E-state index contributed by atoms with van der Waals surface area (Å²) in [6.45, 7) is 1.93. The van der Waals surface area contributed by atoms with E-state index in [-0.39, 0.29) is 13.2 Å². The zero-order chi connectivity index (χ0) is 9.68. The van der Waals surface area contributed by atoms with E-state index in [0.29, 0.717) is 0 Å². The van der Waals surface area contributed by atoms with Crippen LogP contribution in [0.5, 0.6) is 0 Å². The lowest BCUT2D eigenvalue weighted by Gasteiger charge is -2.04. The van der Waals surface area contributed by atoms with Gasteiger partial charge in [0.1, 0.15) is 13.2 Å². The van der Waals surface area contributed by atoms with Crippen LogP contribution < -0.4 is 0 Å². The van der Waals surface area contributed by atoms with Crippen LogP contribution >= 0.6 is 0 Å². The minimum atomic E-state index is -0.905. The van der Waals surface area contributed by atoms with E-state index in [1.807, 2.05) is 6.92 Å². The molecule has 0 N–H and O–H groups in total. The van der Waals surface area contributed by atoms with Crippen LogP contribution in [-0.2, 0) is 19.0 Å². The van der Waals surface area contributed by atoms with E-state index in [1.165, 1.54) is 0 Å². The molecule has 0 radical (unpaired) electrons. The summed E-state index contributed by atoms with van der Waals surface area (Å²) in [6.07, 6.45) is 1.70. The highest BCUT2D eigenvalue weighted by Crippen LogP contribution is 2.07. The molecule has 0 aliphatic carbocycles. The van der Waals surface area contributed by atoms with Crippen LogP contribution in [0.2, 0.25) is 0 Å². The fourth-order valence-corrected chi connectivity index (χ4v) is 0.763. The molecule has 1 atom stereocenters. The summed E-state index contributed by atoms with van der Waals surface area (Å²) in [6, 6.07) is 0. The first-order valence-electron chi connectivity index (χ1n) is 3.85. The Labute approximate surface area is 75.3 Å². The first-order chi connectivity index (χ1) is 6.24. The fourth-order valence-electron chi connectivity index (χ4n) is 0.763. The molecule has 0 saturated carbocycles. The second-order valence-electron chi connectivity index (χ2n) is 2.37. The van der Waals surface area contributed by atoms with Crippen LogP contribution in [0.15, 0.2) is 12.2 Å². The van der Waals surface area contributed by atoms with E-state index in [9.17, 15) is 9.59 Å². The van der Waals surface area contributed by atoms with Gasteiger partial charge in [-0.15, -0.1) is 0 Å². The van der Waals surface area contributed by atoms with Gasteiger partial charge in [-0.1, -0.05) is 12.2 Å². The van der Waals surface area contributed by atoms with Gasteiger partial charge in [0.25, 0.3) is 0 Å². The predicted molar refractivity (Wildman–Crippen MR) is 42.0 cm³/mol. The summed E-state index contributed by atoms with van der Waals surface area (Å²) in [5.74, 6) is -0.580. The van der Waals surface area contributed by atoms with Crippen molar-refractivity contribution in [2.24, 2.45) is 0 Å². The number of rotatable bonds is 3. The standard InChI is InChI=1S/C8H10O5/c1-2-3-4-11-7(9)6-5-12-8(10)13-6/h2-3,6H,4-5H2,1H3/b3-2+. The van der Waals surface area contributed by atoms with E-state index >= 15 is 0 Å². The van der Waals surface area contributed by atoms with Crippen LogP contribution in [0.3, 0.4) is 0 Å². The number of cyclic esters (lactones) is 2. The largest absolute Gasteiger partial charge is 0.509 e. The predicted octanol–water partition coefficient (Wildman–Crippen LogP) is 0.641. The van der Waals surface area contributed by atoms with Crippen LogP contribution in [0.25, 0.3) is 0 Å². The van der Waals surface area contributed by atoms with Crippen molar-refractivity contribution >= 4 is 12.1 Å². The molecule has 1 aliphatic heterocycles. The highest BCUT2D eigenvalue weighted by atomic mass is 16.8. The van der Waals surface area contributed by atoms with Gasteiger partial charge in [0.15, 0.2) is 0 Å². The maximum absolute atomic E-state index is 11.1. The van der Waals surface area contributed by atoms with E-state index in [4.69, 9.17) is 4.74 Å². The van der Waals surface area contributed by atoms with E-state index in [2.05, 4.69) is 9.47 Å². The van der Waals surface area contributed by atoms with Gasteiger partial charge in [-0.25, -0.2) is 9.59 Å². The third-order valence-corrected chi connectivity index (χ3v) is 1.41. The SMILES string of the molecule is C/C=C/COC(=O)C1COC(=O)O1. The zero-order valence-electron chi connectivity index (χ0n) is 7.19. The minimum Gasteiger partial charge on any atom is -0.459 e. The summed E-state index contributed by atoms with van der Waals surface area (Å²) in [5, 5.41) is 0. The number of hydrogen-bond donors (Lipinski definition) is 0. The number of ether oxygens (including phenoxy) is 3. The highest BCUT2D eigenvalue weighted by molar-refractivity contribution is 5.79. The molecule has 13 heavy (non-hydrogen) atoms. The Morgan fingerprint density at radius 2 is 2.54 bits per heavy atom. The first-order valence-corrected chi connectivity index (χ1v) is 3.85. The third kappa shape index (κ3) is 2.77. The molecule has 1 fully saturated rings. The van der Waals surface area contributed by atoms with Gasteiger partial charge in [0, 0.05) is 0 Å². The number of carbonyl (C=O) groups excluding carboxylic acids is 2. The summed E-state index contributed by atoms with van der Waals surface area (Å²) in [4.78, 5) is 21.5. The van der Waals surface area contributed by atoms with Crippen molar-refractivity contribution in [3.63, 3.8) is 0 Å². The summed E-state index contributed by atoms with van der Waals surface area (Å²) in [5.41, 5.74) is 0. The van der Waals surface area contributed by atoms with E-state index in [1.54, 1.807) is 12.2 Å². The van der Waals surface area contributed by atoms with Crippen molar-refractivity contribution in [3.8, 4) is 0 Å². The summed E-state index contributed by atoms with van der Waals surface area (Å²) < 4.78 is 13.6. The molecule has 1 saturated heterocycles. The number of allylic oxidation sites excluding steroid dienone is 1. The second kappa shape index (κ2) is 4.49. The van der Waals surface area contributed by atoms with Crippen LogP contribution in [-0.4, -0.2) is 31.4 Å². The summed E-state index contributed by atoms with van der Waals surface area (Å²) in [7, 11) is 0. The van der Waals surface area contributed by atoms with Crippen molar-refractivity contribution in [2.45, 2.75) is 13.0 Å². The van der Waals surface area contributed by atoms with Crippen molar-refractivity contribution in [3.05, 3.63) is 12.2 Å². The Hall–Kier alpha value is -1.52. The molecule has 1 rings (SSSR count). The monoisotopic (exact) mass is 186 g/mol. The molecule has 0 spiro atoms. The smallest absolute Gasteiger partial charge is 0.459 e. The van der Waals surface area contributed by atoms with Gasteiger partial charge >= 0.3 is 12.1 Å². The van der Waals surface area contributed by atoms with Gasteiger partial charge in [0.05, 0.1) is 0 Å². The first kappa shape index (κ1) is 9.57. The van der Waals surface area contributed by atoms with Gasteiger partial charge < -0.3 is 14.2 Å². The van der Waals surface area contributed by atoms with Crippen molar-refractivity contribution < 1.29 is 23.8 Å². The normalized spacial score (nSPS) is 21.3. The number of hydrogen-bond acceptors (Lipinski definition) is 5. The average molecular weight is 186 g/mol. The minimum absolute atomic E-state index is 0.0620. The zero-order valence-corrected chi connectivity index (χ0v) is 7.19. The lowest BCUT2D eigenvalue weighted by Crippen LogP contribution is -2.25. The maximum atomic E-state index is 11.1. The van der Waals surface area contributed by atoms with E-state index < -0.39 is 18.2 Å². The molecule has 72 valence electrons. The molecule has 0 aromatic rings. The van der Waals surface area contributed by atoms with Crippen molar-refractivity contribution in [1.29, 1.82) is 0 Å². The van der Waals surface area contributed by atoms with Crippen LogP contribution in [0.4, 0.5) is 4.79 Å². The molecule has 1 aliphatic rings. The molecular weight excluding hydrogens is 176 g/mol. The van der Waals surface area contributed by atoms with Crippen molar-refractivity contribution in [2.75, 3.05) is 13.2 Å². The quantitative estimate of drug-likeness (QED) is 0.478. The molecule has 0 aromatic heterocycles. The van der Waals surface area contributed by atoms with Gasteiger partial charge in [0.2, 0.25) is 6.10 Å². The Balaban J connectivity index is 2.27. The molecule has 5 heteroatoms. The van der Waals surface area contributed by atoms with Crippen LogP contribution in [0.1, 0.15) is 6.92 Å². The van der Waals surface area contributed by atoms with Gasteiger partial charge in [-0.3, -0.25) is 0 Å². The third-order valence-electron chi connectivity index (χ3n) is 1.41. The molecule has 0 aromatic carbocycles. The highest BCUT2D eigenvalue weighted by Gasteiger charge is 2.32. The lowest BCUT2D eigenvalue weighted by atomic mass is 10.4. The van der Waals surface area contributed by atoms with Gasteiger partial charge in [-0.2, -0.15) is 0 Å². The molecule has 5 nitrogen and oxygen atoms in total. The molecular formula is C8H10O5. The molecule has 1 unspecified atom stereocenters. The topological polar surface area (TPSA) is 61.8 Å². The van der Waals surface area contributed by atoms with Gasteiger partial charge in [-0.05, 0) is 6.92 Å².